The monoisotopic (exact) mass is 341 g/mol. The highest BCUT2D eigenvalue weighted by molar-refractivity contribution is 5.89. The number of morpholine rings is 1. The molecule has 0 aliphatic carbocycles. The minimum atomic E-state index is -0.559. The van der Waals surface area contributed by atoms with Crippen LogP contribution in [0.4, 0.5) is 0 Å². The largest absolute Gasteiger partial charge is 0.369 e. The van der Waals surface area contributed by atoms with Crippen molar-refractivity contribution >= 4 is 24.2 Å². The van der Waals surface area contributed by atoms with Crippen molar-refractivity contribution in [3.63, 3.8) is 0 Å². The van der Waals surface area contributed by atoms with Crippen LogP contribution in [0.15, 0.2) is 30.3 Å². The van der Waals surface area contributed by atoms with Crippen molar-refractivity contribution in [2.45, 2.75) is 19.0 Å². The molecule has 2 amide bonds. The summed E-state index contributed by atoms with van der Waals surface area (Å²) >= 11 is 0. The number of halogens is 1. The van der Waals surface area contributed by atoms with Gasteiger partial charge in [0, 0.05) is 13.1 Å². The number of hydrogen-bond donors (Lipinski definition) is 2. The van der Waals surface area contributed by atoms with Crippen molar-refractivity contribution in [3.8, 4) is 0 Å². The summed E-state index contributed by atoms with van der Waals surface area (Å²) in [6, 6.07) is 9.11. The van der Waals surface area contributed by atoms with E-state index < -0.39 is 6.04 Å². The molecule has 128 valence electrons. The molecule has 2 N–H and O–H groups in total. The van der Waals surface area contributed by atoms with Gasteiger partial charge in [0.25, 0.3) is 0 Å². The van der Waals surface area contributed by atoms with Crippen molar-refractivity contribution in [3.05, 3.63) is 35.9 Å². The standard InChI is InChI=1S/C16H23N3O3.ClH/c1-17-8-5-9-18-16(21)14-11-22-12-15(20)19(14)10-13-6-3-2-4-7-13;/h2-4,6-7,14,17H,5,8-12H2,1H3,(H,18,21);1H/t14-;/m1./s1. The molecule has 1 atom stereocenters. The number of benzene rings is 1. The summed E-state index contributed by atoms with van der Waals surface area (Å²) < 4.78 is 5.25. The highest BCUT2D eigenvalue weighted by Crippen LogP contribution is 2.13. The first-order valence-electron chi connectivity index (χ1n) is 7.56. The first-order chi connectivity index (χ1) is 10.7. The van der Waals surface area contributed by atoms with Crippen LogP contribution in [0.2, 0.25) is 0 Å². The summed E-state index contributed by atoms with van der Waals surface area (Å²) in [5.41, 5.74) is 1.01. The van der Waals surface area contributed by atoms with E-state index in [1.807, 2.05) is 37.4 Å². The predicted octanol–water partition coefficient (Wildman–Crippen LogP) is 0.562. The van der Waals surface area contributed by atoms with Gasteiger partial charge in [-0.15, -0.1) is 12.4 Å². The molecule has 0 bridgehead atoms. The Morgan fingerprint density at radius 1 is 1.30 bits per heavy atom. The van der Waals surface area contributed by atoms with Crippen molar-refractivity contribution < 1.29 is 14.3 Å². The predicted molar refractivity (Wildman–Crippen MR) is 90.4 cm³/mol. The summed E-state index contributed by atoms with van der Waals surface area (Å²) in [7, 11) is 1.87. The van der Waals surface area contributed by atoms with Crippen LogP contribution >= 0.6 is 12.4 Å². The van der Waals surface area contributed by atoms with Gasteiger partial charge in [0.1, 0.15) is 12.6 Å². The minimum Gasteiger partial charge on any atom is -0.369 e. The smallest absolute Gasteiger partial charge is 0.249 e. The summed E-state index contributed by atoms with van der Waals surface area (Å²) in [4.78, 5) is 26.0. The second-order valence-electron chi connectivity index (χ2n) is 5.29. The number of nitrogens with zero attached hydrogens (tertiary/aromatic N) is 1. The Morgan fingerprint density at radius 2 is 2.04 bits per heavy atom. The lowest BCUT2D eigenvalue weighted by atomic mass is 10.1. The number of carbonyl (C=O) groups excluding carboxylic acids is 2. The molecule has 2 rings (SSSR count). The van der Waals surface area contributed by atoms with Gasteiger partial charge in [-0.2, -0.15) is 0 Å². The Morgan fingerprint density at radius 3 is 2.74 bits per heavy atom. The van der Waals surface area contributed by atoms with Crippen LogP contribution in [0.5, 0.6) is 0 Å². The van der Waals surface area contributed by atoms with Crippen LogP contribution in [-0.2, 0) is 20.9 Å². The fourth-order valence-electron chi connectivity index (χ4n) is 2.39. The van der Waals surface area contributed by atoms with Gasteiger partial charge in [-0.1, -0.05) is 30.3 Å². The minimum absolute atomic E-state index is 0. The van der Waals surface area contributed by atoms with E-state index in [1.54, 1.807) is 4.90 Å². The Hall–Kier alpha value is -1.63. The molecule has 1 aliphatic rings. The first kappa shape index (κ1) is 19.4. The normalized spacial score (nSPS) is 17.5. The average Bonchev–Trinajstić information content (AvgIpc) is 2.54. The maximum atomic E-state index is 12.3. The van der Waals surface area contributed by atoms with Gasteiger partial charge < -0.3 is 20.3 Å². The van der Waals surface area contributed by atoms with Gasteiger partial charge in [-0.25, -0.2) is 0 Å². The Labute approximate surface area is 143 Å². The van der Waals surface area contributed by atoms with Gasteiger partial charge in [0.15, 0.2) is 0 Å². The quantitative estimate of drug-likeness (QED) is 0.711. The summed E-state index contributed by atoms with van der Waals surface area (Å²) in [5, 5.41) is 5.90. The van der Waals surface area contributed by atoms with E-state index in [2.05, 4.69) is 10.6 Å². The number of hydrogen-bond acceptors (Lipinski definition) is 4. The van der Waals surface area contributed by atoms with Crippen LogP contribution in [0, 0.1) is 0 Å². The fourth-order valence-corrected chi connectivity index (χ4v) is 2.39. The Bertz CT molecular complexity index is 499. The number of ether oxygens (including phenoxy) is 1. The molecule has 1 aliphatic heterocycles. The molecule has 0 saturated carbocycles. The maximum absolute atomic E-state index is 12.3. The fraction of sp³-hybridized carbons (Fsp3) is 0.500. The van der Waals surface area contributed by atoms with Crippen LogP contribution in [0.1, 0.15) is 12.0 Å². The van der Waals surface area contributed by atoms with E-state index >= 15 is 0 Å². The first-order valence-corrected chi connectivity index (χ1v) is 7.56. The summed E-state index contributed by atoms with van der Waals surface area (Å²) in [6.07, 6.45) is 0.850. The van der Waals surface area contributed by atoms with Crippen LogP contribution in [0.3, 0.4) is 0 Å². The van der Waals surface area contributed by atoms with E-state index in [9.17, 15) is 9.59 Å². The highest BCUT2D eigenvalue weighted by Gasteiger charge is 2.33. The molecule has 0 radical (unpaired) electrons. The van der Waals surface area contributed by atoms with E-state index in [0.717, 1.165) is 18.5 Å². The lowest BCUT2D eigenvalue weighted by Gasteiger charge is -2.34. The molecule has 0 spiro atoms. The van der Waals surface area contributed by atoms with Crippen LogP contribution in [0.25, 0.3) is 0 Å². The zero-order valence-electron chi connectivity index (χ0n) is 13.3. The van der Waals surface area contributed by atoms with E-state index in [0.29, 0.717) is 13.1 Å². The van der Waals surface area contributed by atoms with Crippen molar-refractivity contribution in [2.75, 3.05) is 33.4 Å². The van der Waals surface area contributed by atoms with Gasteiger partial charge in [-0.05, 0) is 25.6 Å². The zero-order valence-corrected chi connectivity index (χ0v) is 14.1. The lowest BCUT2D eigenvalue weighted by Crippen LogP contribution is -2.56. The van der Waals surface area contributed by atoms with Crippen molar-refractivity contribution in [1.82, 2.24) is 15.5 Å². The lowest BCUT2D eigenvalue weighted by molar-refractivity contribution is -0.155. The molecule has 6 nitrogen and oxygen atoms in total. The topological polar surface area (TPSA) is 70.7 Å². The highest BCUT2D eigenvalue weighted by atomic mass is 35.5. The van der Waals surface area contributed by atoms with Gasteiger partial charge in [0.05, 0.1) is 6.61 Å². The molecule has 23 heavy (non-hydrogen) atoms. The van der Waals surface area contributed by atoms with E-state index in [-0.39, 0.29) is 37.4 Å². The van der Waals surface area contributed by atoms with Gasteiger partial charge in [0.2, 0.25) is 11.8 Å². The number of rotatable bonds is 7. The molecule has 1 saturated heterocycles. The second kappa shape index (κ2) is 10.2. The van der Waals surface area contributed by atoms with Crippen LogP contribution < -0.4 is 10.6 Å². The van der Waals surface area contributed by atoms with Gasteiger partial charge in [-0.3, -0.25) is 9.59 Å². The Balaban J connectivity index is 0.00000264. The molecular formula is C16H24ClN3O3. The molecule has 1 fully saturated rings. The van der Waals surface area contributed by atoms with Crippen molar-refractivity contribution in [2.24, 2.45) is 0 Å². The summed E-state index contributed by atoms with van der Waals surface area (Å²) in [6.45, 7) is 2.14. The van der Waals surface area contributed by atoms with E-state index in [4.69, 9.17) is 4.74 Å². The molecular weight excluding hydrogens is 318 g/mol. The molecule has 1 aromatic carbocycles. The zero-order chi connectivity index (χ0) is 15.8. The molecule has 7 heteroatoms. The molecule has 1 aromatic rings. The SMILES string of the molecule is CNCCCNC(=O)[C@H]1COCC(=O)N1Cc1ccccc1.Cl. The second-order valence-corrected chi connectivity index (χ2v) is 5.29. The number of amides is 2. The third kappa shape index (κ3) is 5.82. The number of nitrogens with one attached hydrogen (secondary N) is 2. The van der Waals surface area contributed by atoms with Crippen molar-refractivity contribution in [1.29, 1.82) is 0 Å². The molecule has 0 aromatic heterocycles. The van der Waals surface area contributed by atoms with Crippen LogP contribution in [-0.4, -0.2) is 56.1 Å². The Kier molecular flexibility index (Phi) is 8.61. The van der Waals surface area contributed by atoms with E-state index in [1.165, 1.54) is 0 Å². The number of carbonyl (C=O) groups is 2. The molecule has 1 heterocycles. The maximum Gasteiger partial charge on any atom is 0.249 e. The third-order valence-electron chi connectivity index (χ3n) is 3.60. The average molecular weight is 342 g/mol. The summed E-state index contributed by atoms with van der Waals surface area (Å²) in [5.74, 6) is -0.300. The molecule has 0 unspecified atom stereocenters. The van der Waals surface area contributed by atoms with Gasteiger partial charge >= 0.3 is 0 Å². The third-order valence-corrected chi connectivity index (χ3v) is 3.60.